The molecule has 2 saturated carbocycles. The van der Waals surface area contributed by atoms with Gasteiger partial charge in [0.2, 0.25) is 0 Å². The highest BCUT2D eigenvalue weighted by Gasteiger charge is 2.56. The highest BCUT2D eigenvalue weighted by atomic mass is 35.5. The highest BCUT2D eigenvalue weighted by molar-refractivity contribution is 6.31. The third kappa shape index (κ3) is 5.42. The molecule has 1 spiro atoms. The molecule has 0 aromatic heterocycles. The van der Waals surface area contributed by atoms with E-state index < -0.39 is 0 Å². The van der Waals surface area contributed by atoms with Gasteiger partial charge in [0.1, 0.15) is 0 Å². The fourth-order valence-corrected chi connectivity index (χ4v) is 5.37. The molecular weight excluding hydrogens is 446 g/mol. The fraction of sp³-hybridized carbons (Fsp3) is 0.478. The van der Waals surface area contributed by atoms with E-state index in [1.807, 2.05) is 24.3 Å². The summed E-state index contributed by atoms with van der Waals surface area (Å²) >= 11 is 12.5. The van der Waals surface area contributed by atoms with Crippen LogP contribution in [0.4, 0.5) is 0 Å². The predicted octanol–water partition coefficient (Wildman–Crippen LogP) is 6.52. The predicted molar refractivity (Wildman–Crippen MR) is 129 cm³/mol. The first-order valence-electron chi connectivity index (χ1n) is 10.1. The quantitative estimate of drug-likeness (QED) is 0.453. The second-order valence-electron chi connectivity index (χ2n) is 8.15. The molecule has 160 valence electrons. The molecule has 4 rings (SSSR count). The van der Waals surface area contributed by atoms with Gasteiger partial charge in [0, 0.05) is 23.1 Å². The summed E-state index contributed by atoms with van der Waals surface area (Å²) in [6, 6.07) is 16.2. The van der Waals surface area contributed by atoms with Crippen molar-refractivity contribution in [1.82, 2.24) is 10.6 Å². The molecule has 2 aliphatic carbocycles. The molecule has 0 aliphatic heterocycles. The summed E-state index contributed by atoms with van der Waals surface area (Å²) in [5, 5.41) is 9.03. The molecule has 2 aromatic rings. The van der Waals surface area contributed by atoms with Gasteiger partial charge in [-0.25, -0.2) is 0 Å². The first-order chi connectivity index (χ1) is 13.2. The minimum Gasteiger partial charge on any atom is -0.312 e. The molecule has 0 saturated heterocycles. The standard InChI is InChI=1S/C23H28Cl2N2.2ClH/c24-21-7-3-1-5-17(21)13-26-15-19-9-11-23(19)12-10-20(23)16-27-14-18-6-2-4-8-22(18)25;;/h1-8,19-20,26-27H,9-16H2;2*1H. The summed E-state index contributed by atoms with van der Waals surface area (Å²) in [5.74, 6) is 1.61. The Hall–Kier alpha value is -0.480. The Labute approximate surface area is 197 Å². The van der Waals surface area contributed by atoms with Crippen LogP contribution in [0.25, 0.3) is 0 Å². The Kier molecular flexibility index (Phi) is 9.60. The maximum Gasteiger partial charge on any atom is 0.0450 e. The van der Waals surface area contributed by atoms with Crippen molar-refractivity contribution in [3.8, 4) is 0 Å². The molecule has 2 unspecified atom stereocenters. The molecule has 2 atom stereocenters. The summed E-state index contributed by atoms with van der Waals surface area (Å²) in [6.07, 6.45) is 5.50. The zero-order valence-corrected chi connectivity index (χ0v) is 19.6. The van der Waals surface area contributed by atoms with E-state index in [4.69, 9.17) is 23.2 Å². The van der Waals surface area contributed by atoms with E-state index in [1.165, 1.54) is 36.8 Å². The van der Waals surface area contributed by atoms with Crippen molar-refractivity contribution in [1.29, 1.82) is 0 Å². The molecular formula is C23H30Cl4N2. The average Bonchev–Trinajstić information content (AvgIpc) is 2.63. The van der Waals surface area contributed by atoms with Crippen molar-refractivity contribution >= 4 is 48.0 Å². The lowest BCUT2D eigenvalue weighted by atomic mass is 9.44. The SMILES string of the molecule is Cl.Cl.Clc1ccccc1CNCC1CCC12CCC2CNCc1ccccc1Cl. The minimum absolute atomic E-state index is 0. The summed E-state index contributed by atoms with van der Waals surface area (Å²) in [7, 11) is 0. The van der Waals surface area contributed by atoms with Crippen molar-refractivity contribution in [2.45, 2.75) is 38.8 Å². The zero-order chi connectivity index (χ0) is 18.7. The van der Waals surface area contributed by atoms with Crippen LogP contribution in [-0.4, -0.2) is 13.1 Å². The summed E-state index contributed by atoms with van der Waals surface area (Å²) in [4.78, 5) is 0. The number of benzene rings is 2. The van der Waals surface area contributed by atoms with Crippen LogP contribution >= 0.6 is 48.0 Å². The molecule has 0 bridgehead atoms. The van der Waals surface area contributed by atoms with E-state index in [1.54, 1.807) is 0 Å². The lowest BCUT2D eigenvalue weighted by Crippen LogP contribution is -2.58. The number of hydrogen-bond acceptors (Lipinski definition) is 2. The van der Waals surface area contributed by atoms with Gasteiger partial charge < -0.3 is 10.6 Å². The maximum atomic E-state index is 6.27. The van der Waals surface area contributed by atoms with Crippen LogP contribution in [-0.2, 0) is 13.1 Å². The Morgan fingerprint density at radius 3 is 1.48 bits per heavy atom. The van der Waals surface area contributed by atoms with E-state index in [0.29, 0.717) is 5.41 Å². The Bertz CT molecular complexity index is 717. The number of halogens is 4. The molecule has 2 N–H and O–H groups in total. The van der Waals surface area contributed by atoms with E-state index >= 15 is 0 Å². The molecule has 0 amide bonds. The van der Waals surface area contributed by atoms with Crippen LogP contribution in [0.15, 0.2) is 48.5 Å². The van der Waals surface area contributed by atoms with Gasteiger partial charge >= 0.3 is 0 Å². The van der Waals surface area contributed by atoms with Gasteiger partial charge in [-0.1, -0.05) is 59.6 Å². The third-order valence-electron chi connectivity index (χ3n) is 6.87. The van der Waals surface area contributed by atoms with Crippen molar-refractivity contribution in [2.75, 3.05) is 13.1 Å². The van der Waals surface area contributed by atoms with Crippen LogP contribution in [0, 0.1) is 17.3 Å². The van der Waals surface area contributed by atoms with Crippen LogP contribution in [0.5, 0.6) is 0 Å². The fourth-order valence-electron chi connectivity index (χ4n) is 4.96. The molecule has 6 heteroatoms. The molecule has 2 nitrogen and oxygen atoms in total. The number of hydrogen-bond donors (Lipinski definition) is 2. The van der Waals surface area contributed by atoms with Gasteiger partial charge in [0.25, 0.3) is 0 Å². The third-order valence-corrected chi connectivity index (χ3v) is 7.61. The lowest BCUT2D eigenvalue weighted by Gasteiger charge is -2.62. The van der Waals surface area contributed by atoms with Crippen LogP contribution in [0.3, 0.4) is 0 Å². The summed E-state index contributed by atoms with van der Waals surface area (Å²) in [5.41, 5.74) is 2.96. The molecule has 2 fully saturated rings. The Morgan fingerprint density at radius 2 is 1.14 bits per heavy atom. The number of rotatable bonds is 8. The van der Waals surface area contributed by atoms with E-state index in [9.17, 15) is 0 Å². The summed E-state index contributed by atoms with van der Waals surface area (Å²) in [6.45, 7) is 3.93. The molecule has 29 heavy (non-hydrogen) atoms. The molecule has 2 aliphatic rings. The topological polar surface area (TPSA) is 24.1 Å². The second kappa shape index (κ2) is 11.2. The van der Waals surface area contributed by atoms with Crippen molar-refractivity contribution in [3.05, 3.63) is 69.7 Å². The first kappa shape index (κ1) is 24.8. The van der Waals surface area contributed by atoms with Crippen LogP contribution in [0.1, 0.15) is 36.8 Å². The van der Waals surface area contributed by atoms with Crippen LogP contribution < -0.4 is 10.6 Å². The lowest BCUT2D eigenvalue weighted by molar-refractivity contribution is -0.110. The van der Waals surface area contributed by atoms with Gasteiger partial charge in [-0.15, -0.1) is 24.8 Å². The van der Waals surface area contributed by atoms with Gasteiger partial charge in [-0.05, 0) is 79.3 Å². The monoisotopic (exact) mass is 474 g/mol. The van der Waals surface area contributed by atoms with E-state index in [0.717, 1.165) is 48.1 Å². The minimum atomic E-state index is 0. The molecule has 2 aromatic carbocycles. The van der Waals surface area contributed by atoms with Crippen molar-refractivity contribution in [3.63, 3.8) is 0 Å². The van der Waals surface area contributed by atoms with Gasteiger partial charge in [0.05, 0.1) is 0 Å². The average molecular weight is 476 g/mol. The largest absolute Gasteiger partial charge is 0.312 e. The van der Waals surface area contributed by atoms with Gasteiger partial charge in [-0.2, -0.15) is 0 Å². The number of nitrogens with one attached hydrogen (secondary N) is 2. The van der Waals surface area contributed by atoms with Gasteiger partial charge in [0.15, 0.2) is 0 Å². The smallest absolute Gasteiger partial charge is 0.0450 e. The highest BCUT2D eigenvalue weighted by Crippen LogP contribution is 2.62. The summed E-state index contributed by atoms with van der Waals surface area (Å²) < 4.78 is 0. The zero-order valence-electron chi connectivity index (χ0n) is 16.5. The Morgan fingerprint density at radius 1 is 0.724 bits per heavy atom. The van der Waals surface area contributed by atoms with E-state index in [-0.39, 0.29) is 24.8 Å². The normalized spacial score (nSPS) is 24.8. The maximum absolute atomic E-state index is 6.27. The van der Waals surface area contributed by atoms with Crippen molar-refractivity contribution < 1.29 is 0 Å². The van der Waals surface area contributed by atoms with E-state index in [2.05, 4.69) is 34.9 Å². The van der Waals surface area contributed by atoms with Gasteiger partial charge in [-0.3, -0.25) is 0 Å². The first-order valence-corrected chi connectivity index (χ1v) is 10.8. The van der Waals surface area contributed by atoms with Crippen LogP contribution in [0.2, 0.25) is 10.0 Å². The van der Waals surface area contributed by atoms with Crippen molar-refractivity contribution in [2.24, 2.45) is 17.3 Å². The molecule has 0 radical (unpaired) electrons. The Balaban J connectivity index is 0.00000150. The molecule has 0 heterocycles. The second-order valence-corrected chi connectivity index (χ2v) is 8.96.